The van der Waals surface area contributed by atoms with Crippen LogP contribution in [0.25, 0.3) is 0 Å². The van der Waals surface area contributed by atoms with Crippen LogP contribution >= 0.6 is 0 Å². The SMILES string of the molecule is CC1(C)C(=O)NCCN1CCCOc1ccccc1C#N. The molecule has 1 heterocycles. The normalized spacial score (nSPS) is 17.9. The lowest BCUT2D eigenvalue weighted by Crippen LogP contribution is -2.61. The summed E-state index contributed by atoms with van der Waals surface area (Å²) >= 11 is 0. The van der Waals surface area contributed by atoms with E-state index in [4.69, 9.17) is 10.00 Å². The van der Waals surface area contributed by atoms with Gasteiger partial charge in [-0.3, -0.25) is 9.69 Å². The molecule has 0 saturated carbocycles. The molecule has 0 bridgehead atoms. The Hall–Kier alpha value is -2.06. The van der Waals surface area contributed by atoms with Gasteiger partial charge in [-0.15, -0.1) is 0 Å². The fraction of sp³-hybridized carbons (Fsp3) is 0.500. The van der Waals surface area contributed by atoms with Crippen molar-refractivity contribution in [2.75, 3.05) is 26.2 Å². The predicted molar refractivity (Wildman–Crippen MR) is 79.9 cm³/mol. The number of ether oxygens (including phenoxy) is 1. The van der Waals surface area contributed by atoms with Crippen LogP contribution in [0.2, 0.25) is 0 Å². The van der Waals surface area contributed by atoms with Crippen molar-refractivity contribution in [3.63, 3.8) is 0 Å². The van der Waals surface area contributed by atoms with Crippen LogP contribution in [0.5, 0.6) is 5.75 Å². The van der Waals surface area contributed by atoms with E-state index in [0.717, 1.165) is 19.5 Å². The first kappa shape index (κ1) is 15.3. The quantitative estimate of drug-likeness (QED) is 0.834. The van der Waals surface area contributed by atoms with Crippen LogP contribution in [0.15, 0.2) is 24.3 Å². The third-order valence-corrected chi connectivity index (χ3v) is 3.85. The second-order valence-electron chi connectivity index (χ2n) is 5.61. The van der Waals surface area contributed by atoms with Crippen LogP contribution in [-0.4, -0.2) is 42.6 Å². The zero-order valence-corrected chi connectivity index (χ0v) is 12.6. The van der Waals surface area contributed by atoms with Crippen LogP contribution in [0.3, 0.4) is 0 Å². The maximum absolute atomic E-state index is 11.8. The number of carbonyl (C=O) groups excluding carboxylic acids is 1. The molecule has 1 aromatic carbocycles. The maximum Gasteiger partial charge on any atom is 0.239 e. The summed E-state index contributed by atoms with van der Waals surface area (Å²) in [5, 5.41) is 11.9. The second kappa shape index (κ2) is 6.59. The molecule has 112 valence electrons. The standard InChI is InChI=1S/C16H21N3O2/c1-16(2)15(20)18-8-10-19(16)9-5-11-21-14-7-4-3-6-13(14)12-17/h3-4,6-7H,5,8-11H2,1-2H3,(H,18,20). The van der Waals surface area contributed by atoms with Gasteiger partial charge < -0.3 is 10.1 Å². The number of para-hydroxylation sites is 1. The number of hydrogen-bond acceptors (Lipinski definition) is 4. The Morgan fingerprint density at radius 1 is 1.43 bits per heavy atom. The molecule has 1 fully saturated rings. The third kappa shape index (κ3) is 3.53. The number of nitrogens with zero attached hydrogens (tertiary/aromatic N) is 2. The fourth-order valence-electron chi connectivity index (χ4n) is 2.46. The van der Waals surface area contributed by atoms with Gasteiger partial charge in [0.1, 0.15) is 11.8 Å². The molecule has 0 spiro atoms. The molecule has 1 aliphatic heterocycles. The maximum atomic E-state index is 11.8. The molecule has 1 saturated heterocycles. The Kier molecular flexibility index (Phi) is 4.81. The largest absolute Gasteiger partial charge is 0.492 e. The van der Waals surface area contributed by atoms with Crippen LogP contribution in [0.4, 0.5) is 0 Å². The number of rotatable bonds is 5. The van der Waals surface area contributed by atoms with Crippen molar-refractivity contribution < 1.29 is 9.53 Å². The minimum atomic E-state index is -0.469. The molecule has 21 heavy (non-hydrogen) atoms. The Balaban J connectivity index is 1.82. The Labute approximate surface area is 125 Å². The number of benzene rings is 1. The van der Waals surface area contributed by atoms with Crippen LogP contribution in [0.1, 0.15) is 25.8 Å². The van der Waals surface area contributed by atoms with Crippen LogP contribution < -0.4 is 10.1 Å². The lowest BCUT2D eigenvalue weighted by molar-refractivity contribution is -0.135. The van der Waals surface area contributed by atoms with Crippen LogP contribution in [-0.2, 0) is 4.79 Å². The first-order valence-corrected chi connectivity index (χ1v) is 7.21. The van der Waals surface area contributed by atoms with E-state index >= 15 is 0 Å². The van der Waals surface area contributed by atoms with Crippen molar-refractivity contribution in [1.29, 1.82) is 5.26 Å². The molecular weight excluding hydrogens is 266 g/mol. The number of amides is 1. The van der Waals surface area contributed by atoms with Gasteiger partial charge in [-0.05, 0) is 32.4 Å². The highest BCUT2D eigenvalue weighted by atomic mass is 16.5. The smallest absolute Gasteiger partial charge is 0.239 e. The summed E-state index contributed by atoms with van der Waals surface area (Å²) in [5.74, 6) is 0.695. The molecule has 0 aromatic heterocycles. The zero-order chi connectivity index (χ0) is 15.3. The average molecular weight is 287 g/mol. The molecule has 2 rings (SSSR count). The number of hydrogen-bond donors (Lipinski definition) is 1. The van der Waals surface area contributed by atoms with Crippen LogP contribution in [0, 0.1) is 11.3 Å². The van der Waals surface area contributed by atoms with Gasteiger partial charge in [-0.25, -0.2) is 0 Å². The molecule has 0 aliphatic carbocycles. The summed E-state index contributed by atoms with van der Waals surface area (Å²) in [6.07, 6.45) is 0.816. The summed E-state index contributed by atoms with van der Waals surface area (Å²) in [7, 11) is 0. The molecule has 0 radical (unpaired) electrons. The summed E-state index contributed by atoms with van der Waals surface area (Å²) < 4.78 is 5.66. The van der Waals surface area contributed by atoms with Gasteiger partial charge in [-0.2, -0.15) is 5.26 Å². The Morgan fingerprint density at radius 2 is 2.19 bits per heavy atom. The summed E-state index contributed by atoms with van der Waals surface area (Å²) in [5.41, 5.74) is 0.0817. The topological polar surface area (TPSA) is 65.4 Å². The van der Waals surface area contributed by atoms with Crippen molar-refractivity contribution in [2.24, 2.45) is 0 Å². The van der Waals surface area contributed by atoms with Gasteiger partial charge in [0, 0.05) is 19.6 Å². The number of piperazine rings is 1. The Morgan fingerprint density at radius 3 is 2.95 bits per heavy atom. The van der Waals surface area contributed by atoms with E-state index in [1.165, 1.54) is 0 Å². The lowest BCUT2D eigenvalue weighted by atomic mass is 9.99. The van der Waals surface area contributed by atoms with Crippen molar-refractivity contribution in [3.05, 3.63) is 29.8 Å². The van der Waals surface area contributed by atoms with Crippen molar-refractivity contribution in [2.45, 2.75) is 25.8 Å². The number of nitriles is 1. The highest BCUT2D eigenvalue weighted by Gasteiger charge is 2.36. The number of nitrogens with one attached hydrogen (secondary N) is 1. The highest BCUT2D eigenvalue weighted by molar-refractivity contribution is 5.86. The minimum Gasteiger partial charge on any atom is -0.492 e. The molecule has 0 unspecified atom stereocenters. The monoisotopic (exact) mass is 287 g/mol. The first-order valence-electron chi connectivity index (χ1n) is 7.21. The van der Waals surface area contributed by atoms with E-state index in [1.807, 2.05) is 26.0 Å². The van der Waals surface area contributed by atoms with Crippen molar-refractivity contribution >= 4 is 5.91 Å². The molecule has 1 N–H and O–H groups in total. The molecule has 0 atom stereocenters. The molecule has 5 heteroatoms. The van der Waals surface area contributed by atoms with Gasteiger partial charge in [0.15, 0.2) is 0 Å². The predicted octanol–water partition coefficient (Wildman–Crippen LogP) is 1.54. The fourth-order valence-corrected chi connectivity index (χ4v) is 2.46. The summed E-state index contributed by atoms with van der Waals surface area (Å²) in [6, 6.07) is 9.34. The van der Waals surface area contributed by atoms with Gasteiger partial charge >= 0.3 is 0 Å². The molecule has 1 aliphatic rings. The van der Waals surface area contributed by atoms with E-state index < -0.39 is 5.54 Å². The van der Waals surface area contributed by atoms with E-state index in [2.05, 4.69) is 16.3 Å². The molecule has 1 amide bonds. The molecular formula is C16H21N3O2. The number of carbonyl (C=O) groups is 1. The van der Waals surface area contributed by atoms with Gasteiger partial charge in [0.25, 0.3) is 0 Å². The Bertz CT molecular complexity index is 549. The zero-order valence-electron chi connectivity index (χ0n) is 12.6. The molecule has 1 aromatic rings. The van der Waals surface area contributed by atoms with Gasteiger partial charge in [0.2, 0.25) is 5.91 Å². The van der Waals surface area contributed by atoms with Gasteiger partial charge in [0.05, 0.1) is 17.7 Å². The lowest BCUT2D eigenvalue weighted by Gasteiger charge is -2.41. The summed E-state index contributed by atoms with van der Waals surface area (Å²) in [4.78, 5) is 14.0. The summed E-state index contributed by atoms with van der Waals surface area (Å²) in [6.45, 7) is 6.76. The van der Waals surface area contributed by atoms with E-state index in [1.54, 1.807) is 12.1 Å². The van der Waals surface area contributed by atoms with E-state index in [-0.39, 0.29) is 5.91 Å². The van der Waals surface area contributed by atoms with Crippen molar-refractivity contribution in [3.8, 4) is 11.8 Å². The third-order valence-electron chi connectivity index (χ3n) is 3.85. The van der Waals surface area contributed by atoms with E-state index in [0.29, 0.717) is 24.5 Å². The highest BCUT2D eigenvalue weighted by Crippen LogP contribution is 2.19. The second-order valence-corrected chi connectivity index (χ2v) is 5.61. The average Bonchev–Trinajstić information content (AvgIpc) is 2.48. The van der Waals surface area contributed by atoms with Gasteiger partial charge in [-0.1, -0.05) is 12.1 Å². The van der Waals surface area contributed by atoms with Crippen molar-refractivity contribution in [1.82, 2.24) is 10.2 Å². The minimum absolute atomic E-state index is 0.0736. The first-order chi connectivity index (χ1) is 10.1. The van der Waals surface area contributed by atoms with E-state index in [9.17, 15) is 4.79 Å². The molecule has 5 nitrogen and oxygen atoms in total.